The van der Waals surface area contributed by atoms with Crippen molar-refractivity contribution in [3.8, 4) is 0 Å². The number of nitro groups is 1. The number of thioether (sulfide) groups is 1. The predicted molar refractivity (Wildman–Crippen MR) is 72.0 cm³/mol. The highest BCUT2D eigenvalue weighted by Crippen LogP contribution is 2.32. The van der Waals surface area contributed by atoms with Crippen LogP contribution in [0.4, 0.5) is 5.69 Å². The van der Waals surface area contributed by atoms with E-state index in [1.165, 1.54) is 13.0 Å². The summed E-state index contributed by atoms with van der Waals surface area (Å²) < 4.78 is 22.3. The summed E-state index contributed by atoms with van der Waals surface area (Å²) in [6, 6.07) is 3.26. The maximum absolute atomic E-state index is 11.1. The third-order valence-electron chi connectivity index (χ3n) is 2.37. The molecular weight excluding hydrogens is 308 g/mol. The van der Waals surface area contributed by atoms with E-state index in [2.05, 4.69) is 0 Å². The van der Waals surface area contributed by atoms with E-state index in [4.69, 9.17) is 10.2 Å². The van der Waals surface area contributed by atoms with Crippen LogP contribution in [0.2, 0.25) is 0 Å². The van der Waals surface area contributed by atoms with Crippen molar-refractivity contribution in [1.29, 1.82) is 0 Å². The molecule has 3 N–H and O–H groups in total. The third kappa shape index (κ3) is 4.18. The number of benzene rings is 1. The first-order valence-electron chi connectivity index (χ1n) is 5.29. The molecule has 0 radical (unpaired) electrons. The monoisotopic (exact) mass is 320 g/mol. The summed E-state index contributed by atoms with van der Waals surface area (Å²) >= 11 is 0.973. The zero-order valence-electron chi connectivity index (χ0n) is 10.3. The summed E-state index contributed by atoms with van der Waals surface area (Å²) in [7, 11) is -4.03. The zero-order chi connectivity index (χ0) is 15.5. The second-order valence-corrected chi connectivity index (χ2v) is 6.61. The van der Waals surface area contributed by atoms with Crippen molar-refractivity contribution < 1.29 is 23.2 Å². The van der Waals surface area contributed by atoms with Crippen LogP contribution < -0.4 is 5.14 Å². The fourth-order valence-corrected chi connectivity index (χ4v) is 2.78. The lowest BCUT2D eigenvalue weighted by molar-refractivity contribution is -0.388. The van der Waals surface area contributed by atoms with Crippen LogP contribution in [0.25, 0.3) is 0 Å². The smallest absolute Gasteiger partial charge is 0.307 e. The average molecular weight is 320 g/mol. The van der Waals surface area contributed by atoms with Crippen molar-refractivity contribution >= 4 is 33.4 Å². The summed E-state index contributed by atoms with van der Waals surface area (Å²) in [5, 5.41) is 24.6. The van der Waals surface area contributed by atoms with Gasteiger partial charge in [-0.2, -0.15) is 0 Å². The minimum atomic E-state index is -4.03. The molecule has 10 heteroatoms. The van der Waals surface area contributed by atoms with E-state index in [9.17, 15) is 23.3 Å². The Bertz CT molecular complexity index is 643. The van der Waals surface area contributed by atoms with Crippen LogP contribution in [0.1, 0.15) is 6.92 Å². The molecule has 0 heterocycles. The minimum Gasteiger partial charge on any atom is -0.481 e. The Hall–Kier alpha value is -1.65. The average Bonchev–Trinajstić information content (AvgIpc) is 2.34. The molecule has 0 fully saturated rings. The molecule has 20 heavy (non-hydrogen) atoms. The highest BCUT2D eigenvalue weighted by atomic mass is 32.2. The molecule has 0 aliphatic heterocycles. The molecule has 0 amide bonds. The molecule has 1 rings (SSSR count). The number of primary sulfonamides is 1. The molecule has 1 aromatic carbocycles. The summed E-state index contributed by atoms with van der Waals surface area (Å²) in [4.78, 5) is 20.7. The van der Waals surface area contributed by atoms with E-state index in [-0.39, 0.29) is 15.5 Å². The van der Waals surface area contributed by atoms with Crippen LogP contribution in [-0.4, -0.2) is 30.2 Å². The number of nitrogens with zero attached hydrogens (tertiary/aromatic N) is 1. The van der Waals surface area contributed by atoms with Crippen molar-refractivity contribution in [2.75, 3.05) is 5.75 Å². The van der Waals surface area contributed by atoms with Gasteiger partial charge in [-0.25, -0.2) is 13.6 Å². The largest absolute Gasteiger partial charge is 0.481 e. The Kier molecular flexibility index (Phi) is 5.09. The van der Waals surface area contributed by atoms with Crippen LogP contribution in [0.15, 0.2) is 28.0 Å². The molecule has 0 spiro atoms. The van der Waals surface area contributed by atoms with Gasteiger partial charge in [0, 0.05) is 11.8 Å². The lowest BCUT2D eigenvalue weighted by Crippen LogP contribution is -2.13. The third-order valence-corrected chi connectivity index (χ3v) is 4.60. The summed E-state index contributed by atoms with van der Waals surface area (Å²) in [5.74, 6) is -1.57. The van der Waals surface area contributed by atoms with E-state index in [1.807, 2.05) is 0 Å². The summed E-state index contributed by atoms with van der Waals surface area (Å²) in [5.41, 5.74) is -0.417. The Morgan fingerprint density at radius 1 is 1.55 bits per heavy atom. The number of carboxylic acids is 1. The van der Waals surface area contributed by atoms with Crippen LogP contribution in [0.3, 0.4) is 0 Å². The number of carboxylic acid groups (broad SMARTS) is 1. The van der Waals surface area contributed by atoms with Crippen LogP contribution in [0, 0.1) is 16.0 Å². The van der Waals surface area contributed by atoms with Gasteiger partial charge in [0.2, 0.25) is 10.0 Å². The number of sulfonamides is 1. The minimum absolute atomic E-state index is 0.130. The van der Waals surface area contributed by atoms with Gasteiger partial charge in [-0.05, 0) is 12.1 Å². The molecule has 1 atom stereocenters. The van der Waals surface area contributed by atoms with Crippen molar-refractivity contribution in [3.63, 3.8) is 0 Å². The number of rotatable bonds is 6. The second kappa shape index (κ2) is 6.20. The van der Waals surface area contributed by atoms with E-state index < -0.39 is 32.5 Å². The topological polar surface area (TPSA) is 141 Å². The highest BCUT2D eigenvalue weighted by molar-refractivity contribution is 7.99. The van der Waals surface area contributed by atoms with Crippen molar-refractivity contribution in [3.05, 3.63) is 28.3 Å². The van der Waals surface area contributed by atoms with Crippen molar-refractivity contribution in [2.24, 2.45) is 11.1 Å². The molecular formula is C10H12N2O6S2. The first kappa shape index (κ1) is 16.4. The molecule has 0 bridgehead atoms. The van der Waals surface area contributed by atoms with Gasteiger partial charge in [0.1, 0.15) is 0 Å². The molecule has 0 aliphatic rings. The number of hydrogen-bond donors (Lipinski definition) is 2. The SMILES string of the molecule is CC(CSc1ccc(S(N)(=O)=O)cc1[N+](=O)[O-])C(=O)O. The number of nitro benzene ring substituents is 1. The second-order valence-electron chi connectivity index (χ2n) is 3.98. The lowest BCUT2D eigenvalue weighted by atomic mass is 10.2. The molecule has 0 aromatic heterocycles. The first-order chi connectivity index (χ1) is 9.12. The molecule has 1 aromatic rings. The Balaban J connectivity index is 3.09. The Morgan fingerprint density at radius 3 is 2.60 bits per heavy atom. The van der Waals surface area contributed by atoms with Gasteiger partial charge in [0.05, 0.1) is 20.6 Å². The zero-order valence-corrected chi connectivity index (χ0v) is 12.0. The van der Waals surface area contributed by atoms with E-state index >= 15 is 0 Å². The standard InChI is InChI=1S/C10H12N2O6S2/c1-6(10(13)14)5-19-9-3-2-7(20(11,17)18)4-8(9)12(15)16/h2-4,6H,5H2,1H3,(H,13,14)(H2,11,17,18). The van der Waals surface area contributed by atoms with Crippen molar-refractivity contribution in [2.45, 2.75) is 16.7 Å². The Labute approximate surface area is 119 Å². The van der Waals surface area contributed by atoms with Crippen LogP contribution >= 0.6 is 11.8 Å². The van der Waals surface area contributed by atoms with Gasteiger partial charge in [0.25, 0.3) is 5.69 Å². The highest BCUT2D eigenvalue weighted by Gasteiger charge is 2.21. The van der Waals surface area contributed by atoms with Gasteiger partial charge in [-0.3, -0.25) is 14.9 Å². The van der Waals surface area contributed by atoms with Gasteiger partial charge < -0.3 is 5.11 Å². The molecule has 8 nitrogen and oxygen atoms in total. The van der Waals surface area contributed by atoms with Gasteiger partial charge in [-0.1, -0.05) is 6.92 Å². The maximum atomic E-state index is 11.1. The number of hydrogen-bond acceptors (Lipinski definition) is 6. The number of carbonyl (C=O) groups is 1. The predicted octanol–water partition coefficient (Wildman–Crippen LogP) is 1.06. The lowest BCUT2D eigenvalue weighted by Gasteiger charge is -2.07. The number of aliphatic carboxylic acids is 1. The summed E-state index contributed by atoms with van der Waals surface area (Å²) in [6.45, 7) is 1.47. The molecule has 110 valence electrons. The quantitative estimate of drug-likeness (QED) is 0.453. The van der Waals surface area contributed by atoms with E-state index in [1.54, 1.807) is 0 Å². The normalized spacial score (nSPS) is 12.9. The van der Waals surface area contributed by atoms with E-state index in [0.29, 0.717) is 0 Å². The van der Waals surface area contributed by atoms with Gasteiger partial charge >= 0.3 is 5.97 Å². The fourth-order valence-electron chi connectivity index (χ4n) is 1.22. The Morgan fingerprint density at radius 2 is 2.15 bits per heavy atom. The van der Waals surface area contributed by atoms with Crippen molar-refractivity contribution in [1.82, 2.24) is 0 Å². The first-order valence-corrected chi connectivity index (χ1v) is 7.83. The van der Waals surface area contributed by atoms with Gasteiger partial charge in [0.15, 0.2) is 0 Å². The van der Waals surface area contributed by atoms with E-state index in [0.717, 1.165) is 23.9 Å². The molecule has 1 unspecified atom stereocenters. The maximum Gasteiger partial charge on any atom is 0.307 e. The van der Waals surface area contributed by atoms with Gasteiger partial charge in [-0.15, -0.1) is 11.8 Å². The summed E-state index contributed by atoms with van der Waals surface area (Å²) in [6.07, 6.45) is 0. The molecule has 0 saturated carbocycles. The number of nitrogens with two attached hydrogens (primary N) is 1. The molecule has 0 aliphatic carbocycles. The van der Waals surface area contributed by atoms with Crippen LogP contribution in [0.5, 0.6) is 0 Å². The van der Waals surface area contributed by atoms with Crippen LogP contribution in [-0.2, 0) is 14.8 Å². The fraction of sp³-hybridized carbons (Fsp3) is 0.300. The molecule has 0 saturated heterocycles.